The monoisotopic (exact) mass is 239 g/mol. The Morgan fingerprint density at radius 1 is 1.71 bits per heavy atom. The van der Waals surface area contributed by atoms with Gasteiger partial charge in [-0.1, -0.05) is 0 Å². The van der Waals surface area contributed by atoms with Crippen LogP contribution in [0.2, 0.25) is 0 Å². The molecule has 1 saturated carbocycles. The fraction of sp³-hybridized carbons (Fsp3) is 0.818. The fourth-order valence-electron chi connectivity index (χ4n) is 2.01. The standard InChI is InChI=1S/C11H17N3O3/c1-11(7-12,8-2-3-8)13-10(16)5-14-4-9(15)6-17-14/h8-9,15H,2-6H2,1H3,(H,13,16)/t9-,11?/m0/s1. The number of β-amino-alcohol motifs (C(OH)–C–C–N with tert-alkyl or cyclic N) is 1. The normalized spacial score (nSPS) is 28.4. The summed E-state index contributed by atoms with van der Waals surface area (Å²) >= 11 is 0. The van der Waals surface area contributed by atoms with Crippen molar-refractivity contribution < 1.29 is 14.7 Å². The van der Waals surface area contributed by atoms with E-state index in [9.17, 15) is 9.90 Å². The molecule has 2 fully saturated rings. The van der Waals surface area contributed by atoms with Gasteiger partial charge in [0.05, 0.1) is 25.3 Å². The number of hydroxylamine groups is 2. The molecule has 0 aromatic heterocycles. The number of nitriles is 1. The van der Waals surface area contributed by atoms with Crippen molar-refractivity contribution in [2.75, 3.05) is 19.7 Å². The average molecular weight is 239 g/mol. The van der Waals surface area contributed by atoms with E-state index in [2.05, 4.69) is 11.4 Å². The van der Waals surface area contributed by atoms with E-state index in [1.807, 2.05) is 0 Å². The third-order valence-electron chi connectivity index (χ3n) is 3.21. The zero-order valence-corrected chi connectivity index (χ0v) is 9.85. The second-order valence-corrected chi connectivity index (χ2v) is 4.91. The molecule has 0 aromatic rings. The molecule has 6 heteroatoms. The minimum absolute atomic E-state index is 0.0566. The zero-order valence-electron chi connectivity index (χ0n) is 9.85. The Bertz CT molecular complexity index is 350. The molecule has 2 N–H and O–H groups in total. The lowest BCUT2D eigenvalue weighted by Crippen LogP contribution is -2.49. The maximum absolute atomic E-state index is 11.7. The minimum atomic E-state index is -0.768. The first kappa shape index (κ1) is 12.3. The molecule has 1 unspecified atom stereocenters. The van der Waals surface area contributed by atoms with Crippen molar-refractivity contribution in [2.24, 2.45) is 5.92 Å². The van der Waals surface area contributed by atoms with Crippen LogP contribution in [-0.2, 0) is 9.63 Å². The first-order valence-electron chi connectivity index (χ1n) is 5.81. The Balaban J connectivity index is 1.82. The van der Waals surface area contributed by atoms with Gasteiger partial charge in [0.15, 0.2) is 0 Å². The molecule has 0 bridgehead atoms. The number of hydrogen-bond donors (Lipinski definition) is 2. The third kappa shape index (κ3) is 2.94. The van der Waals surface area contributed by atoms with Crippen molar-refractivity contribution in [3.8, 4) is 6.07 Å². The Morgan fingerprint density at radius 3 is 2.88 bits per heavy atom. The highest BCUT2D eigenvalue weighted by Gasteiger charge is 2.43. The first-order valence-corrected chi connectivity index (χ1v) is 5.81. The molecule has 1 saturated heterocycles. The maximum Gasteiger partial charge on any atom is 0.237 e. The molecule has 17 heavy (non-hydrogen) atoms. The predicted octanol–water partition coefficient (Wildman–Crippen LogP) is -0.597. The van der Waals surface area contributed by atoms with Gasteiger partial charge in [0.25, 0.3) is 0 Å². The Kier molecular flexibility index (Phi) is 3.33. The summed E-state index contributed by atoms with van der Waals surface area (Å²) in [6.45, 7) is 2.37. The number of nitrogens with one attached hydrogen (secondary N) is 1. The lowest BCUT2D eigenvalue weighted by atomic mass is 9.98. The number of carbonyl (C=O) groups excluding carboxylic acids is 1. The van der Waals surface area contributed by atoms with Crippen LogP contribution in [0.5, 0.6) is 0 Å². The van der Waals surface area contributed by atoms with E-state index in [1.54, 1.807) is 6.92 Å². The molecule has 94 valence electrons. The van der Waals surface area contributed by atoms with E-state index in [4.69, 9.17) is 10.1 Å². The highest BCUT2D eigenvalue weighted by Crippen LogP contribution is 2.39. The number of rotatable bonds is 4. The van der Waals surface area contributed by atoms with Crippen molar-refractivity contribution in [1.82, 2.24) is 10.4 Å². The molecule has 2 atom stereocenters. The second kappa shape index (κ2) is 4.61. The van der Waals surface area contributed by atoms with Crippen molar-refractivity contribution in [1.29, 1.82) is 5.26 Å². The molecule has 2 aliphatic rings. The van der Waals surface area contributed by atoms with Gasteiger partial charge in [-0.05, 0) is 25.7 Å². The van der Waals surface area contributed by atoms with Gasteiger partial charge < -0.3 is 10.4 Å². The van der Waals surface area contributed by atoms with E-state index in [0.29, 0.717) is 6.54 Å². The molecular formula is C11H17N3O3. The van der Waals surface area contributed by atoms with E-state index in [0.717, 1.165) is 12.8 Å². The number of aliphatic hydroxyl groups excluding tert-OH is 1. The minimum Gasteiger partial charge on any atom is -0.389 e. The van der Waals surface area contributed by atoms with Gasteiger partial charge >= 0.3 is 0 Å². The van der Waals surface area contributed by atoms with Gasteiger partial charge in [-0.2, -0.15) is 10.3 Å². The first-order chi connectivity index (χ1) is 8.03. The summed E-state index contributed by atoms with van der Waals surface area (Å²) in [5.74, 6) is 0.0246. The summed E-state index contributed by atoms with van der Waals surface area (Å²) < 4.78 is 0. The predicted molar refractivity (Wildman–Crippen MR) is 58.4 cm³/mol. The van der Waals surface area contributed by atoms with Crippen LogP contribution in [0.25, 0.3) is 0 Å². The Morgan fingerprint density at radius 2 is 2.41 bits per heavy atom. The lowest BCUT2D eigenvalue weighted by Gasteiger charge is -2.24. The number of amides is 1. The zero-order chi connectivity index (χ0) is 12.5. The SMILES string of the molecule is CC(C#N)(NC(=O)CN1C[C@H](O)CO1)C1CC1. The Hall–Kier alpha value is -1.16. The van der Waals surface area contributed by atoms with E-state index in [1.165, 1.54) is 5.06 Å². The summed E-state index contributed by atoms with van der Waals surface area (Å²) in [6, 6.07) is 2.16. The Labute approximate surface area is 100 Å². The number of nitrogens with zero attached hydrogens (tertiary/aromatic N) is 2. The van der Waals surface area contributed by atoms with Crippen LogP contribution in [0.4, 0.5) is 0 Å². The van der Waals surface area contributed by atoms with E-state index < -0.39 is 11.6 Å². The van der Waals surface area contributed by atoms with Crippen LogP contribution < -0.4 is 5.32 Å². The molecule has 0 spiro atoms. The average Bonchev–Trinajstić information content (AvgIpc) is 3.04. The molecular weight excluding hydrogens is 222 g/mol. The van der Waals surface area contributed by atoms with Crippen molar-refractivity contribution >= 4 is 5.91 Å². The van der Waals surface area contributed by atoms with Gasteiger partial charge in [-0.15, -0.1) is 0 Å². The molecule has 2 rings (SSSR count). The number of hydrogen-bond acceptors (Lipinski definition) is 5. The van der Waals surface area contributed by atoms with Crippen LogP contribution in [-0.4, -0.2) is 47.4 Å². The molecule has 1 aliphatic heterocycles. The second-order valence-electron chi connectivity index (χ2n) is 4.91. The van der Waals surface area contributed by atoms with Crippen LogP contribution >= 0.6 is 0 Å². The van der Waals surface area contributed by atoms with Gasteiger partial charge in [-0.3, -0.25) is 9.63 Å². The van der Waals surface area contributed by atoms with Gasteiger partial charge in [-0.25, -0.2) is 0 Å². The van der Waals surface area contributed by atoms with Crippen LogP contribution in [0, 0.1) is 17.2 Å². The molecule has 1 heterocycles. The molecule has 6 nitrogen and oxygen atoms in total. The number of carbonyl (C=O) groups is 1. The van der Waals surface area contributed by atoms with Crippen molar-refractivity contribution in [3.05, 3.63) is 0 Å². The molecule has 1 amide bonds. The van der Waals surface area contributed by atoms with Crippen molar-refractivity contribution in [2.45, 2.75) is 31.4 Å². The summed E-state index contributed by atoms with van der Waals surface area (Å²) in [5.41, 5.74) is -0.768. The van der Waals surface area contributed by atoms with E-state index >= 15 is 0 Å². The summed E-state index contributed by atoms with van der Waals surface area (Å²) in [7, 11) is 0. The summed E-state index contributed by atoms with van der Waals surface area (Å²) in [4.78, 5) is 16.8. The fourth-order valence-corrected chi connectivity index (χ4v) is 2.01. The highest BCUT2D eigenvalue weighted by atomic mass is 16.7. The van der Waals surface area contributed by atoms with Crippen molar-refractivity contribution in [3.63, 3.8) is 0 Å². The van der Waals surface area contributed by atoms with Gasteiger partial charge in [0.2, 0.25) is 5.91 Å². The van der Waals surface area contributed by atoms with Gasteiger partial charge in [0, 0.05) is 0 Å². The van der Waals surface area contributed by atoms with E-state index in [-0.39, 0.29) is 25.0 Å². The van der Waals surface area contributed by atoms with Crippen LogP contribution in [0.1, 0.15) is 19.8 Å². The highest BCUT2D eigenvalue weighted by molar-refractivity contribution is 5.79. The maximum atomic E-state index is 11.7. The molecule has 0 aromatic carbocycles. The summed E-state index contributed by atoms with van der Waals surface area (Å²) in [5, 5.41) is 22.5. The molecule has 1 aliphatic carbocycles. The molecule has 0 radical (unpaired) electrons. The third-order valence-corrected chi connectivity index (χ3v) is 3.21. The van der Waals surface area contributed by atoms with Gasteiger partial charge in [0.1, 0.15) is 12.1 Å². The van der Waals surface area contributed by atoms with Crippen LogP contribution in [0.15, 0.2) is 0 Å². The quantitative estimate of drug-likeness (QED) is 0.684. The number of aliphatic hydroxyl groups is 1. The van der Waals surface area contributed by atoms with Crippen LogP contribution in [0.3, 0.4) is 0 Å². The smallest absolute Gasteiger partial charge is 0.237 e. The largest absolute Gasteiger partial charge is 0.389 e. The lowest BCUT2D eigenvalue weighted by molar-refractivity contribution is -0.143. The summed E-state index contributed by atoms with van der Waals surface area (Å²) in [6.07, 6.45) is 1.44. The topological polar surface area (TPSA) is 85.6 Å².